The second-order valence-corrected chi connectivity index (χ2v) is 9.62. The van der Waals surface area contributed by atoms with Crippen molar-refractivity contribution in [3.8, 4) is 0 Å². The molecule has 0 saturated heterocycles. The van der Waals surface area contributed by atoms with Crippen molar-refractivity contribution in [2.75, 3.05) is 23.7 Å². The number of halogens is 1. The molecule has 7 nitrogen and oxygen atoms in total. The van der Waals surface area contributed by atoms with Gasteiger partial charge in [-0.1, -0.05) is 41.9 Å². The Morgan fingerprint density at radius 2 is 1.81 bits per heavy atom. The number of nitrogens with one attached hydrogen (secondary N) is 1. The average molecular weight is 466 g/mol. The number of likely N-dealkylation sites (N-methyl/N-ethyl adjacent to an activating group) is 1. The second kappa shape index (κ2) is 10.6. The molecule has 0 aliphatic heterocycles. The highest BCUT2D eigenvalue weighted by atomic mass is 35.5. The van der Waals surface area contributed by atoms with Crippen LogP contribution < -0.4 is 9.62 Å². The fourth-order valence-corrected chi connectivity index (χ4v) is 4.29. The lowest BCUT2D eigenvalue weighted by Crippen LogP contribution is -2.51. The van der Waals surface area contributed by atoms with Crippen molar-refractivity contribution in [1.82, 2.24) is 10.2 Å². The van der Waals surface area contributed by atoms with Gasteiger partial charge in [-0.3, -0.25) is 13.9 Å². The summed E-state index contributed by atoms with van der Waals surface area (Å²) in [5.41, 5.74) is 1.88. The second-order valence-electron chi connectivity index (χ2n) is 7.28. The molecule has 1 atom stereocenters. The number of anilines is 1. The number of rotatable bonds is 9. The summed E-state index contributed by atoms with van der Waals surface area (Å²) in [7, 11) is -3.74. The van der Waals surface area contributed by atoms with Gasteiger partial charge in [-0.25, -0.2) is 8.42 Å². The number of carbonyl (C=O) groups is 2. The number of sulfonamides is 1. The van der Waals surface area contributed by atoms with Gasteiger partial charge in [0.15, 0.2) is 0 Å². The van der Waals surface area contributed by atoms with Crippen molar-refractivity contribution < 1.29 is 18.0 Å². The van der Waals surface area contributed by atoms with Crippen LogP contribution in [-0.4, -0.2) is 50.5 Å². The van der Waals surface area contributed by atoms with Crippen LogP contribution in [0.25, 0.3) is 0 Å². The molecule has 0 spiro atoms. The minimum Gasteiger partial charge on any atom is -0.355 e. The first kappa shape index (κ1) is 24.7. The lowest BCUT2D eigenvalue weighted by molar-refractivity contribution is -0.139. The van der Waals surface area contributed by atoms with E-state index in [0.717, 1.165) is 21.7 Å². The predicted octanol–water partition coefficient (Wildman–Crippen LogP) is 2.97. The van der Waals surface area contributed by atoms with Crippen LogP contribution in [0.4, 0.5) is 5.69 Å². The molecule has 1 N–H and O–H groups in total. The maximum atomic E-state index is 13.3. The molecule has 0 fully saturated rings. The Balaban J connectivity index is 2.40. The van der Waals surface area contributed by atoms with E-state index in [-0.39, 0.29) is 12.5 Å². The van der Waals surface area contributed by atoms with Crippen LogP contribution in [0.3, 0.4) is 0 Å². The van der Waals surface area contributed by atoms with Crippen molar-refractivity contribution in [3.05, 3.63) is 64.7 Å². The first-order chi connectivity index (χ1) is 14.5. The molecule has 168 valence electrons. The van der Waals surface area contributed by atoms with E-state index in [0.29, 0.717) is 17.3 Å². The molecule has 0 aliphatic carbocycles. The highest BCUT2D eigenvalue weighted by Gasteiger charge is 2.30. The summed E-state index contributed by atoms with van der Waals surface area (Å²) in [4.78, 5) is 27.2. The van der Waals surface area contributed by atoms with Crippen LogP contribution in [-0.2, 0) is 26.2 Å². The largest absolute Gasteiger partial charge is 0.355 e. The lowest BCUT2D eigenvalue weighted by atomic mass is 10.1. The van der Waals surface area contributed by atoms with Crippen molar-refractivity contribution in [2.45, 2.75) is 33.4 Å². The number of benzene rings is 2. The maximum absolute atomic E-state index is 13.3. The molecule has 2 amide bonds. The number of nitrogens with zero attached hydrogens (tertiary/aromatic N) is 2. The highest BCUT2D eigenvalue weighted by molar-refractivity contribution is 7.92. The molecule has 0 bridgehead atoms. The summed E-state index contributed by atoms with van der Waals surface area (Å²) in [6.07, 6.45) is 1.06. The molecular formula is C22H28ClN3O4S. The van der Waals surface area contributed by atoms with E-state index in [1.807, 2.05) is 0 Å². The number of hydrogen-bond acceptors (Lipinski definition) is 4. The van der Waals surface area contributed by atoms with Gasteiger partial charge in [-0.15, -0.1) is 0 Å². The third-order valence-electron chi connectivity index (χ3n) is 4.82. The van der Waals surface area contributed by atoms with Crippen LogP contribution in [0.15, 0.2) is 48.5 Å². The standard InChI is InChI=1S/C22H28ClN3O4S/c1-5-24-22(28)17(3)25(14-18-10-8-11-19(23)13-18)21(27)15-26(31(4,29)30)20-12-7-6-9-16(20)2/h6-13,17H,5,14-15H2,1-4H3,(H,24,28)/t17-/m0/s1. The van der Waals surface area contributed by atoms with Gasteiger partial charge in [0.2, 0.25) is 21.8 Å². The Morgan fingerprint density at radius 3 is 2.39 bits per heavy atom. The summed E-state index contributed by atoms with van der Waals surface area (Å²) < 4.78 is 26.1. The number of amides is 2. The van der Waals surface area contributed by atoms with Gasteiger partial charge in [0.05, 0.1) is 11.9 Å². The molecule has 9 heteroatoms. The Kier molecular flexibility index (Phi) is 8.47. The number of aryl methyl sites for hydroxylation is 1. The predicted molar refractivity (Wildman–Crippen MR) is 124 cm³/mol. The number of para-hydroxylation sites is 1. The monoisotopic (exact) mass is 465 g/mol. The maximum Gasteiger partial charge on any atom is 0.244 e. The van der Waals surface area contributed by atoms with E-state index in [1.165, 1.54) is 4.90 Å². The van der Waals surface area contributed by atoms with Gasteiger partial charge < -0.3 is 10.2 Å². The van der Waals surface area contributed by atoms with E-state index in [1.54, 1.807) is 69.3 Å². The van der Waals surface area contributed by atoms with Crippen molar-refractivity contribution >= 4 is 39.1 Å². The Bertz CT molecular complexity index is 1040. The van der Waals surface area contributed by atoms with E-state index < -0.39 is 28.5 Å². The third kappa shape index (κ3) is 6.70. The third-order valence-corrected chi connectivity index (χ3v) is 6.19. The van der Waals surface area contributed by atoms with E-state index in [9.17, 15) is 18.0 Å². The molecule has 31 heavy (non-hydrogen) atoms. The van der Waals surface area contributed by atoms with Gasteiger partial charge in [-0.05, 0) is 50.1 Å². The normalized spacial score (nSPS) is 12.2. The molecule has 0 radical (unpaired) electrons. The molecule has 0 unspecified atom stereocenters. The lowest BCUT2D eigenvalue weighted by Gasteiger charge is -2.31. The average Bonchev–Trinajstić information content (AvgIpc) is 2.69. The highest BCUT2D eigenvalue weighted by Crippen LogP contribution is 2.23. The van der Waals surface area contributed by atoms with E-state index in [4.69, 9.17) is 11.6 Å². The SMILES string of the molecule is CCNC(=O)[C@H](C)N(Cc1cccc(Cl)c1)C(=O)CN(c1ccccc1C)S(C)(=O)=O. The first-order valence-electron chi connectivity index (χ1n) is 9.89. The van der Waals surface area contributed by atoms with Crippen molar-refractivity contribution in [1.29, 1.82) is 0 Å². The fraction of sp³-hybridized carbons (Fsp3) is 0.364. The summed E-state index contributed by atoms with van der Waals surface area (Å²) in [6, 6.07) is 13.1. The quantitative estimate of drug-likeness (QED) is 0.616. The molecule has 0 saturated carbocycles. The molecule has 2 rings (SSSR count). The van der Waals surface area contributed by atoms with Crippen molar-refractivity contribution in [2.24, 2.45) is 0 Å². The molecule has 2 aromatic rings. The minimum atomic E-state index is -3.74. The van der Waals surface area contributed by atoms with Gasteiger partial charge in [0.25, 0.3) is 0 Å². The Hall–Kier alpha value is -2.58. The van der Waals surface area contributed by atoms with Gasteiger partial charge in [-0.2, -0.15) is 0 Å². The van der Waals surface area contributed by atoms with Gasteiger partial charge >= 0.3 is 0 Å². The van der Waals surface area contributed by atoms with Gasteiger partial charge in [0, 0.05) is 18.1 Å². The molecular weight excluding hydrogens is 438 g/mol. The Labute approximate surface area is 189 Å². The number of carbonyl (C=O) groups excluding carboxylic acids is 2. The summed E-state index contributed by atoms with van der Waals surface area (Å²) >= 11 is 6.07. The van der Waals surface area contributed by atoms with Crippen molar-refractivity contribution in [3.63, 3.8) is 0 Å². The summed E-state index contributed by atoms with van der Waals surface area (Å²) in [6.45, 7) is 5.29. The first-order valence-corrected chi connectivity index (χ1v) is 12.1. The molecule has 0 aliphatic rings. The zero-order chi connectivity index (χ0) is 23.2. The summed E-state index contributed by atoms with van der Waals surface area (Å²) in [5, 5.41) is 3.22. The Morgan fingerprint density at radius 1 is 1.13 bits per heavy atom. The van der Waals surface area contributed by atoms with Crippen LogP contribution in [0, 0.1) is 6.92 Å². The topological polar surface area (TPSA) is 86.8 Å². The zero-order valence-electron chi connectivity index (χ0n) is 18.1. The smallest absolute Gasteiger partial charge is 0.244 e. The van der Waals surface area contributed by atoms with Crippen LogP contribution in [0.5, 0.6) is 0 Å². The number of hydrogen-bond donors (Lipinski definition) is 1. The zero-order valence-corrected chi connectivity index (χ0v) is 19.7. The van der Waals surface area contributed by atoms with Crippen LogP contribution in [0.1, 0.15) is 25.0 Å². The van der Waals surface area contributed by atoms with E-state index >= 15 is 0 Å². The van der Waals surface area contributed by atoms with Crippen LogP contribution >= 0.6 is 11.6 Å². The summed E-state index contributed by atoms with van der Waals surface area (Å²) in [5.74, 6) is -0.813. The minimum absolute atomic E-state index is 0.114. The molecule has 2 aromatic carbocycles. The fourth-order valence-electron chi connectivity index (χ4n) is 3.17. The van der Waals surface area contributed by atoms with E-state index in [2.05, 4.69) is 5.32 Å². The van der Waals surface area contributed by atoms with Gasteiger partial charge in [0.1, 0.15) is 12.6 Å². The molecule has 0 heterocycles. The van der Waals surface area contributed by atoms with Crippen LogP contribution in [0.2, 0.25) is 5.02 Å². The molecule has 0 aromatic heterocycles.